The first-order valence-electron chi connectivity index (χ1n) is 13.6. The lowest BCUT2D eigenvalue weighted by Gasteiger charge is -2.27. The third kappa shape index (κ3) is 5.05. The van der Waals surface area contributed by atoms with E-state index in [1.807, 2.05) is 24.3 Å². The van der Waals surface area contributed by atoms with E-state index in [1.165, 1.54) is 60.5 Å². The van der Waals surface area contributed by atoms with E-state index in [0.29, 0.717) is 38.4 Å². The van der Waals surface area contributed by atoms with Crippen LogP contribution in [0.3, 0.4) is 0 Å². The number of hydrogen-bond acceptors (Lipinski definition) is 7. The van der Waals surface area contributed by atoms with Gasteiger partial charge in [-0.05, 0) is 67.1 Å². The molecule has 1 amide bonds. The Bertz CT molecular complexity index is 2080. The summed E-state index contributed by atoms with van der Waals surface area (Å²) in [5.41, 5.74) is 3.62. The van der Waals surface area contributed by atoms with Crippen LogP contribution in [0.4, 0.5) is 14.5 Å². The third-order valence-electron chi connectivity index (χ3n) is 7.46. The summed E-state index contributed by atoms with van der Waals surface area (Å²) in [6, 6.07) is 21.1. The number of nitrogens with zero attached hydrogens (tertiary/aromatic N) is 2. The lowest BCUT2D eigenvalue weighted by Crippen LogP contribution is -2.33. The van der Waals surface area contributed by atoms with Crippen molar-refractivity contribution in [1.82, 2.24) is 10.3 Å². The van der Waals surface area contributed by atoms with Gasteiger partial charge in [0, 0.05) is 42.2 Å². The van der Waals surface area contributed by atoms with Crippen molar-refractivity contribution in [2.75, 3.05) is 19.0 Å². The van der Waals surface area contributed by atoms with E-state index in [9.17, 15) is 19.1 Å². The monoisotopic (exact) mass is 609 g/mol. The molecule has 0 aliphatic heterocycles. The Morgan fingerprint density at radius 3 is 2.45 bits per heavy atom. The average Bonchev–Trinajstić information content (AvgIpc) is 3.65. The summed E-state index contributed by atoms with van der Waals surface area (Å²) in [5.74, 6) is 0.634. The van der Waals surface area contributed by atoms with Crippen LogP contribution < -0.4 is 10.2 Å². The summed E-state index contributed by atoms with van der Waals surface area (Å²) in [7, 11) is 3.09. The predicted molar refractivity (Wildman–Crippen MR) is 168 cm³/mol. The summed E-state index contributed by atoms with van der Waals surface area (Å²) < 4.78 is 36.1. The molecule has 0 fully saturated rings. The van der Waals surface area contributed by atoms with Crippen LogP contribution in [0, 0.1) is 11.6 Å². The van der Waals surface area contributed by atoms with E-state index in [1.54, 1.807) is 37.3 Å². The van der Waals surface area contributed by atoms with E-state index in [0.717, 1.165) is 10.2 Å². The highest BCUT2D eigenvalue weighted by Gasteiger charge is 2.26. The molecule has 220 valence electrons. The van der Waals surface area contributed by atoms with Crippen LogP contribution in [-0.4, -0.2) is 42.3 Å². The summed E-state index contributed by atoms with van der Waals surface area (Å²) in [6.07, 6.45) is -1.34. The van der Waals surface area contributed by atoms with E-state index in [4.69, 9.17) is 4.42 Å². The van der Waals surface area contributed by atoms with Gasteiger partial charge in [-0.1, -0.05) is 18.2 Å². The zero-order chi connectivity index (χ0) is 31.1. The van der Waals surface area contributed by atoms with Crippen LogP contribution in [0.5, 0.6) is 0 Å². The number of amides is 1. The largest absolute Gasteiger partial charge is 0.455 e. The van der Waals surface area contributed by atoms with Crippen molar-refractivity contribution in [2.45, 2.75) is 13.2 Å². The van der Waals surface area contributed by atoms with Gasteiger partial charge in [0.25, 0.3) is 5.91 Å². The number of aliphatic hydroxyl groups is 1. The molecule has 4 aromatic carbocycles. The van der Waals surface area contributed by atoms with E-state index in [-0.39, 0.29) is 22.5 Å². The molecular weight excluding hydrogens is 584 g/mol. The van der Waals surface area contributed by atoms with Gasteiger partial charge in [-0.25, -0.2) is 18.6 Å². The molecule has 0 saturated carbocycles. The standard InChI is InChI=1S/C34H25F2N3O4S/c1-18(17-40)34(42)39(3)27-16-28-24(30(32(41)37-2)31(43-28)19-8-11-21(35)12-9-19)15-22(27)20-10-13-25(36)23(14-20)33-38-26-6-4-5-7-29(26)44-33/h4-16,34,42H,1-3H3,(H,37,41). The second kappa shape index (κ2) is 11.5. The smallest absolute Gasteiger partial charge is 0.255 e. The van der Waals surface area contributed by atoms with Gasteiger partial charge in [0.1, 0.15) is 33.9 Å². The van der Waals surface area contributed by atoms with Crippen LogP contribution in [0.2, 0.25) is 0 Å². The minimum Gasteiger partial charge on any atom is -0.455 e. The zero-order valence-electron chi connectivity index (χ0n) is 23.8. The van der Waals surface area contributed by atoms with E-state index in [2.05, 4.69) is 10.3 Å². The second-order valence-corrected chi connectivity index (χ2v) is 11.2. The van der Waals surface area contributed by atoms with Crippen LogP contribution in [0.1, 0.15) is 17.3 Å². The molecular formula is C34H25F2N3O4S. The predicted octanol–water partition coefficient (Wildman–Crippen LogP) is 7.21. The molecule has 2 aromatic heterocycles. The van der Waals surface area contributed by atoms with Crippen molar-refractivity contribution in [3.05, 3.63) is 102 Å². The number of halogens is 2. The van der Waals surface area contributed by atoms with Crippen LogP contribution in [0.15, 0.2) is 88.9 Å². The first kappa shape index (κ1) is 28.9. The van der Waals surface area contributed by atoms with Crippen molar-refractivity contribution in [3.8, 4) is 33.0 Å². The van der Waals surface area contributed by atoms with Crippen molar-refractivity contribution >= 4 is 50.1 Å². The van der Waals surface area contributed by atoms with Crippen molar-refractivity contribution < 1.29 is 27.9 Å². The molecule has 2 heterocycles. The van der Waals surface area contributed by atoms with Gasteiger partial charge >= 0.3 is 0 Å². The van der Waals surface area contributed by atoms with Gasteiger partial charge in [-0.15, -0.1) is 11.3 Å². The Labute approximate surface area is 254 Å². The van der Waals surface area contributed by atoms with Gasteiger partial charge in [-0.2, -0.15) is 0 Å². The maximum Gasteiger partial charge on any atom is 0.255 e. The first-order valence-corrected chi connectivity index (χ1v) is 14.4. The minimum atomic E-state index is -1.34. The summed E-state index contributed by atoms with van der Waals surface area (Å²) in [6.45, 7) is 1.46. The molecule has 44 heavy (non-hydrogen) atoms. The molecule has 6 aromatic rings. The lowest BCUT2D eigenvalue weighted by atomic mass is 9.96. The molecule has 1 atom stereocenters. The number of likely N-dealkylation sites (N-methyl/N-ethyl adjacent to an activating group) is 1. The van der Waals surface area contributed by atoms with Gasteiger partial charge in [0.05, 0.1) is 27.0 Å². The number of nitrogens with one attached hydrogen (secondary N) is 1. The molecule has 1 unspecified atom stereocenters. The van der Waals surface area contributed by atoms with E-state index >= 15 is 4.39 Å². The fourth-order valence-corrected chi connectivity index (χ4v) is 6.11. The molecule has 0 spiro atoms. The second-order valence-electron chi connectivity index (χ2n) is 10.2. The fourth-order valence-electron chi connectivity index (χ4n) is 5.13. The molecule has 0 saturated heterocycles. The Balaban J connectivity index is 1.62. The number of fused-ring (bicyclic) bond motifs is 2. The number of carbonyl (C=O) groups is 1. The Morgan fingerprint density at radius 2 is 1.75 bits per heavy atom. The summed E-state index contributed by atoms with van der Waals surface area (Å²) >= 11 is 1.36. The van der Waals surface area contributed by atoms with Crippen molar-refractivity contribution in [2.24, 2.45) is 0 Å². The molecule has 0 aliphatic carbocycles. The third-order valence-corrected chi connectivity index (χ3v) is 8.53. The molecule has 0 aliphatic rings. The number of para-hydroxylation sites is 1. The SMILES string of the molecule is CNC(=O)c1c(-c2ccc(F)cc2)oc2cc(N(C)C(O)C(C)=C=O)c(-c3ccc(F)c(-c4nc5ccccc5s4)c3)cc12. The lowest BCUT2D eigenvalue weighted by molar-refractivity contribution is 0.0964. The van der Waals surface area contributed by atoms with Crippen LogP contribution in [-0.2, 0) is 4.79 Å². The number of aliphatic hydroxyl groups excluding tert-OH is 1. The molecule has 10 heteroatoms. The normalized spacial score (nSPS) is 11.9. The van der Waals surface area contributed by atoms with Gasteiger partial charge in [-0.3, -0.25) is 4.79 Å². The number of benzene rings is 4. The number of thiazole rings is 1. The Kier molecular flexibility index (Phi) is 7.57. The zero-order valence-corrected chi connectivity index (χ0v) is 24.6. The number of rotatable bonds is 7. The van der Waals surface area contributed by atoms with Gasteiger partial charge in [0.15, 0.2) is 6.23 Å². The fraction of sp³-hybridized carbons (Fsp3) is 0.118. The van der Waals surface area contributed by atoms with E-state index < -0.39 is 23.8 Å². The van der Waals surface area contributed by atoms with Gasteiger partial charge < -0.3 is 19.7 Å². The van der Waals surface area contributed by atoms with Crippen molar-refractivity contribution in [3.63, 3.8) is 0 Å². The van der Waals surface area contributed by atoms with Crippen LogP contribution >= 0.6 is 11.3 Å². The number of furan rings is 1. The maximum absolute atomic E-state index is 15.3. The average molecular weight is 610 g/mol. The highest BCUT2D eigenvalue weighted by Crippen LogP contribution is 2.43. The maximum atomic E-state index is 15.3. The quantitative estimate of drug-likeness (QED) is 0.147. The Hall–Kier alpha value is -5.15. The van der Waals surface area contributed by atoms with Gasteiger partial charge in [0.2, 0.25) is 0 Å². The van der Waals surface area contributed by atoms with Crippen molar-refractivity contribution in [1.29, 1.82) is 0 Å². The minimum absolute atomic E-state index is 0.0466. The summed E-state index contributed by atoms with van der Waals surface area (Å²) in [4.78, 5) is 30.7. The molecule has 6 rings (SSSR count). The molecule has 0 bridgehead atoms. The molecule has 0 radical (unpaired) electrons. The van der Waals surface area contributed by atoms with Crippen LogP contribution in [0.25, 0.3) is 54.2 Å². The number of hydrogen-bond donors (Lipinski definition) is 2. The topological polar surface area (TPSA) is 95.7 Å². The Morgan fingerprint density at radius 1 is 1.02 bits per heavy atom. The highest BCUT2D eigenvalue weighted by molar-refractivity contribution is 7.21. The molecule has 7 nitrogen and oxygen atoms in total. The number of carbonyl (C=O) groups excluding carboxylic acids is 2. The molecule has 2 N–H and O–H groups in total. The summed E-state index contributed by atoms with van der Waals surface area (Å²) in [5, 5.41) is 14.5. The number of anilines is 1. The number of aromatic nitrogens is 1. The first-order chi connectivity index (χ1) is 21.2. The highest BCUT2D eigenvalue weighted by atomic mass is 32.1.